The number of morpholine rings is 1. The molecule has 4 rings (SSSR count). The van der Waals surface area contributed by atoms with Crippen molar-refractivity contribution in [3.8, 4) is 11.5 Å². The van der Waals surface area contributed by atoms with Crippen molar-refractivity contribution in [2.24, 2.45) is 0 Å². The van der Waals surface area contributed by atoms with Gasteiger partial charge in [0.2, 0.25) is 0 Å². The van der Waals surface area contributed by atoms with Gasteiger partial charge in [0, 0.05) is 24.8 Å². The molecule has 3 heterocycles. The van der Waals surface area contributed by atoms with Crippen LogP contribution >= 0.6 is 0 Å². The summed E-state index contributed by atoms with van der Waals surface area (Å²) in [7, 11) is 2.96. The highest BCUT2D eigenvalue weighted by atomic mass is 16.5. The van der Waals surface area contributed by atoms with E-state index >= 15 is 0 Å². The maximum atomic E-state index is 13.1. The van der Waals surface area contributed by atoms with Crippen LogP contribution in [-0.2, 0) is 4.74 Å². The Kier molecular flexibility index (Phi) is 5.77. The van der Waals surface area contributed by atoms with Crippen LogP contribution in [0.3, 0.4) is 0 Å². The topological polar surface area (TPSA) is 94.4 Å². The van der Waals surface area contributed by atoms with Crippen LogP contribution < -0.4 is 14.8 Å². The molecule has 9 nitrogen and oxygen atoms in total. The third-order valence-electron chi connectivity index (χ3n) is 5.10. The van der Waals surface area contributed by atoms with E-state index in [2.05, 4.69) is 10.4 Å². The molecule has 1 N–H and O–H groups in total. The Labute approximate surface area is 179 Å². The lowest BCUT2D eigenvalue weighted by Crippen LogP contribution is -2.44. The average Bonchev–Trinajstić information content (AvgIpc) is 3.22. The quantitative estimate of drug-likeness (QED) is 0.676. The fraction of sp³-hybridized carbons (Fsp3) is 0.318. The summed E-state index contributed by atoms with van der Waals surface area (Å²) in [6.45, 7) is 3.41. The van der Waals surface area contributed by atoms with Gasteiger partial charge in [-0.15, -0.1) is 0 Å². The molecular formula is C22H24N4O5. The molecule has 2 aromatic heterocycles. The number of pyridine rings is 1. The van der Waals surface area contributed by atoms with E-state index in [4.69, 9.17) is 14.2 Å². The predicted octanol–water partition coefficient (Wildman–Crippen LogP) is 2.46. The Hall–Kier alpha value is -3.59. The first kappa shape index (κ1) is 20.7. The molecule has 0 bridgehead atoms. The van der Waals surface area contributed by atoms with E-state index in [1.54, 1.807) is 33.8 Å². The summed E-state index contributed by atoms with van der Waals surface area (Å²) >= 11 is 0. The number of amides is 2. The Morgan fingerprint density at radius 1 is 1.19 bits per heavy atom. The highest BCUT2D eigenvalue weighted by Crippen LogP contribution is 2.37. The van der Waals surface area contributed by atoms with Gasteiger partial charge in [-0.1, -0.05) is 6.07 Å². The van der Waals surface area contributed by atoms with Gasteiger partial charge >= 0.3 is 0 Å². The van der Waals surface area contributed by atoms with E-state index in [1.807, 2.05) is 25.1 Å². The SMILES string of the molecule is COc1cc(C(=O)N2CCOC(C)C2)cc(NC(=O)c2cc3ccccn3n2)c1OC. The number of ether oxygens (including phenoxy) is 3. The molecule has 2 amide bonds. The molecule has 1 fully saturated rings. The molecule has 1 atom stereocenters. The second-order valence-electron chi connectivity index (χ2n) is 7.25. The minimum atomic E-state index is -0.423. The Bertz CT molecular complexity index is 1090. The molecule has 0 radical (unpaired) electrons. The van der Waals surface area contributed by atoms with Crippen molar-refractivity contribution < 1.29 is 23.8 Å². The first-order valence-corrected chi connectivity index (χ1v) is 9.93. The minimum Gasteiger partial charge on any atom is -0.493 e. The number of hydrogen-bond donors (Lipinski definition) is 1. The van der Waals surface area contributed by atoms with Crippen molar-refractivity contribution in [1.29, 1.82) is 0 Å². The number of fused-ring (bicyclic) bond motifs is 1. The predicted molar refractivity (Wildman–Crippen MR) is 114 cm³/mol. The zero-order valence-corrected chi connectivity index (χ0v) is 17.6. The third kappa shape index (κ3) is 4.17. The number of methoxy groups -OCH3 is 2. The second kappa shape index (κ2) is 8.65. The first-order valence-electron chi connectivity index (χ1n) is 9.93. The molecule has 1 saturated heterocycles. The fourth-order valence-electron chi connectivity index (χ4n) is 3.60. The maximum absolute atomic E-state index is 13.1. The van der Waals surface area contributed by atoms with Crippen LogP contribution in [0.1, 0.15) is 27.8 Å². The first-order chi connectivity index (χ1) is 15.0. The molecular weight excluding hydrogens is 400 g/mol. The molecule has 0 saturated carbocycles. The molecule has 1 aliphatic heterocycles. The van der Waals surface area contributed by atoms with Crippen LogP contribution in [0.5, 0.6) is 11.5 Å². The van der Waals surface area contributed by atoms with E-state index in [1.165, 1.54) is 14.2 Å². The summed E-state index contributed by atoms with van der Waals surface area (Å²) < 4.78 is 18.0. The lowest BCUT2D eigenvalue weighted by molar-refractivity contribution is -0.0124. The van der Waals surface area contributed by atoms with Crippen molar-refractivity contribution >= 4 is 23.0 Å². The van der Waals surface area contributed by atoms with E-state index in [-0.39, 0.29) is 17.7 Å². The van der Waals surface area contributed by atoms with Crippen molar-refractivity contribution in [2.75, 3.05) is 39.2 Å². The van der Waals surface area contributed by atoms with Gasteiger partial charge in [0.25, 0.3) is 11.8 Å². The molecule has 1 unspecified atom stereocenters. The summed E-state index contributed by atoms with van der Waals surface area (Å²) in [5, 5.41) is 7.09. The molecule has 9 heteroatoms. The number of rotatable bonds is 5. The summed E-state index contributed by atoms with van der Waals surface area (Å²) in [5.41, 5.74) is 1.75. The smallest absolute Gasteiger partial charge is 0.276 e. The van der Waals surface area contributed by atoms with Crippen LogP contribution in [0.15, 0.2) is 42.6 Å². The number of nitrogens with zero attached hydrogens (tertiary/aromatic N) is 3. The average molecular weight is 424 g/mol. The molecule has 1 aromatic carbocycles. The van der Waals surface area contributed by atoms with Gasteiger partial charge in [-0.05, 0) is 37.3 Å². The zero-order valence-electron chi connectivity index (χ0n) is 17.6. The molecule has 3 aromatic rings. The number of nitrogens with one attached hydrogen (secondary N) is 1. The Balaban J connectivity index is 1.66. The fourth-order valence-corrected chi connectivity index (χ4v) is 3.60. The number of carbonyl (C=O) groups excluding carboxylic acids is 2. The lowest BCUT2D eigenvalue weighted by Gasteiger charge is -2.31. The summed E-state index contributed by atoms with van der Waals surface area (Å²) in [5.74, 6) is 0.0828. The van der Waals surface area contributed by atoms with Crippen LogP contribution in [0.4, 0.5) is 5.69 Å². The third-order valence-corrected chi connectivity index (χ3v) is 5.10. The Morgan fingerprint density at radius 3 is 2.74 bits per heavy atom. The Morgan fingerprint density at radius 2 is 2.03 bits per heavy atom. The summed E-state index contributed by atoms with van der Waals surface area (Å²) in [6, 6.07) is 10.4. The molecule has 162 valence electrons. The van der Waals surface area contributed by atoms with Crippen molar-refractivity contribution in [3.63, 3.8) is 0 Å². The van der Waals surface area contributed by atoms with Crippen LogP contribution in [-0.4, -0.2) is 66.3 Å². The van der Waals surface area contributed by atoms with Crippen LogP contribution in [0.25, 0.3) is 5.52 Å². The minimum absolute atomic E-state index is 0.0351. The summed E-state index contributed by atoms with van der Waals surface area (Å²) in [4.78, 5) is 27.7. The van der Waals surface area contributed by atoms with Gasteiger partial charge in [0.05, 0.1) is 38.1 Å². The standard InChI is InChI=1S/C22H24N4O5/c1-14-13-25(8-9-31-14)22(28)15-10-17(20(30-3)19(11-15)29-2)23-21(27)18-12-16-6-4-5-7-26(16)24-18/h4-7,10-12,14H,8-9,13H2,1-3H3,(H,23,27). The van der Waals surface area contributed by atoms with Gasteiger partial charge in [0.15, 0.2) is 17.2 Å². The summed E-state index contributed by atoms with van der Waals surface area (Å²) in [6.07, 6.45) is 1.73. The zero-order chi connectivity index (χ0) is 22.0. The highest BCUT2D eigenvalue weighted by molar-refractivity contribution is 6.06. The number of anilines is 1. The van der Waals surface area contributed by atoms with E-state index < -0.39 is 5.91 Å². The number of benzene rings is 1. The molecule has 1 aliphatic rings. The second-order valence-corrected chi connectivity index (χ2v) is 7.25. The number of aromatic nitrogens is 2. The van der Waals surface area contributed by atoms with E-state index in [9.17, 15) is 9.59 Å². The van der Waals surface area contributed by atoms with Crippen LogP contribution in [0, 0.1) is 0 Å². The van der Waals surface area contributed by atoms with Crippen LogP contribution in [0.2, 0.25) is 0 Å². The van der Waals surface area contributed by atoms with Gasteiger partial charge in [-0.2, -0.15) is 5.10 Å². The monoisotopic (exact) mass is 424 g/mol. The largest absolute Gasteiger partial charge is 0.493 e. The van der Waals surface area contributed by atoms with E-state index in [0.29, 0.717) is 42.4 Å². The van der Waals surface area contributed by atoms with Gasteiger partial charge in [-0.25, -0.2) is 4.52 Å². The van der Waals surface area contributed by atoms with Gasteiger partial charge < -0.3 is 24.4 Å². The molecule has 31 heavy (non-hydrogen) atoms. The number of hydrogen-bond acceptors (Lipinski definition) is 6. The van der Waals surface area contributed by atoms with Gasteiger partial charge in [-0.3, -0.25) is 9.59 Å². The van der Waals surface area contributed by atoms with Gasteiger partial charge in [0.1, 0.15) is 0 Å². The van der Waals surface area contributed by atoms with Crippen molar-refractivity contribution in [1.82, 2.24) is 14.5 Å². The molecule has 0 aliphatic carbocycles. The van der Waals surface area contributed by atoms with E-state index in [0.717, 1.165) is 5.52 Å². The molecule has 0 spiro atoms. The normalized spacial score (nSPS) is 16.2. The van der Waals surface area contributed by atoms with Crippen molar-refractivity contribution in [2.45, 2.75) is 13.0 Å². The van der Waals surface area contributed by atoms with Crippen molar-refractivity contribution in [3.05, 3.63) is 53.9 Å². The lowest BCUT2D eigenvalue weighted by atomic mass is 10.1. The highest BCUT2D eigenvalue weighted by Gasteiger charge is 2.25. The maximum Gasteiger partial charge on any atom is 0.276 e. The number of carbonyl (C=O) groups is 2.